The molecular weight excluding hydrogens is 340 g/mol. The third-order valence-electron chi connectivity index (χ3n) is 3.41. The molecule has 0 bridgehead atoms. The highest BCUT2D eigenvalue weighted by atomic mass is 35.5. The number of hydrogen-bond acceptors (Lipinski definition) is 4. The fraction of sp³-hybridized carbons (Fsp3) is 0.167. The van der Waals surface area contributed by atoms with E-state index in [4.69, 9.17) is 16.3 Å². The Bertz CT molecular complexity index is 879. The molecule has 1 amide bonds. The van der Waals surface area contributed by atoms with E-state index in [2.05, 4.69) is 20.5 Å². The second kappa shape index (κ2) is 7.81. The first-order valence-corrected chi connectivity index (χ1v) is 8.26. The van der Waals surface area contributed by atoms with Gasteiger partial charge in [-0.15, -0.1) is 5.10 Å². The number of nitrogens with one attached hydrogen (secondary N) is 2. The Labute approximate surface area is 150 Å². The number of H-pyrrole nitrogens is 1. The molecule has 1 aromatic heterocycles. The highest BCUT2D eigenvalue weighted by molar-refractivity contribution is 6.33. The summed E-state index contributed by atoms with van der Waals surface area (Å²) in [6, 6.07) is 14.2. The lowest BCUT2D eigenvalue weighted by molar-refractivity contribution is 0.102. The number of aromatic amines is 1. The Hall–Kier alpha value is -2.86. The molecule has 1 heterocycles. The monoisotopic (exact) mass is 356 g/mol. The van der Waals surface area contributed by atoms with Crippen molar-refractivity contribution >= 4 is 23.5 Å². The number of carbonyl (C=O) groups is 1. The maximum atomic E-state index is 12.4. The highest BCUT2D eigenvalue weighted by Crippen LogP contribution is 2.25. The summed E-state index contributed by atoms with van der Waals surface area (Å²) < 4.78 is 5.54. The van der Waals surface area contributed by atoms with Crippen LogP contribution < -0.4 is 10.1 Å². The second-order valence-electron chi connectivity index (χ2n) is 5.32. The average Bonchev–Trinajstić information content (AvgIpc) is 3.09. The van der Waals surface area contributed by atoms with Gasteiger partial charge in [0.15, 0.2) is 5.82 Å². The zero-order valence-electron chi connectivity index (χ0n) is 13.6. The minimum absolute atomic E-state index is 0.180. The first kappa shape index (κ1) is 17.0. The van der Waals surface area contributed by atoms with Crippen molar-refractivity contribution in [3.63, 3.8) is 0 Å². The van der Waals surface area contributed by atoms with Gasteiger partial charge in [-0.3, -0.25) is 15.2 Å². The van der Waals surface area contributed by atoms with Crippen molar-refractivity contribution in [3.8, 4) is 17.1 Å². The normalized spacial score (nSPS) is 10.5. The van der Waals surface area contributed by atoms with Crippen LogP contribution in [0.4, 0.5) is 5.95 Å². The largest absolute Gasteiger partial charge is 0.494 e. The number of benzene rings is 2. The minimum Gasteiger partial charge on any atom is -0.494 e. The van der Waals surface area contributed by atoms with Crippen LogP contribution >= 0.6 is 11.6 Å². The van der Waals surface area contributed by atoms with Crippen LogP contribution in [0.5, 0.6) is 5.75 Å². The van der Waals surface area contributed by atoms with Crippen LogP contribution in [0, 0.1) is 0 Å². The molecule has 0 aliphatic heterocycles. The number of rotatable bonds is 6. The maximum absolute atomic E-state index is 12.4. The van der Waals surface area contributed by atoms with Gasteiger partial charge >= 0.3 is 0 Å². The van der Waals surface area contributed by atoms with Crippen molar-refractivity contribution in [3.05, 3.63) is 59.1 Å². The molecule has 7 heteroatoms. The Morgan fingerprint density at radius 1 is 1.24 bits per heavy atom. The highest BCUT2D eigenvalue weighted by Gasteiger charge is 2.13. The summed E-state index contributed by atoms with van der Waals surface area (Å²) in [4.78, 5) is 16.6. The van der Waals surface area contributed by atoms with E-state index in [1.54, 1.807) is 24.3 Å². The molecule has 25 heavy (non-hydrogen) atoms. The summed E-state index contributed by atoms with van der Waals surface area (Å²) in [7, 11) is 0. The number of aromatic nitrogens is 3. The molecule has 2 N–H and O–H groups in total. The quantitative estimate of drug-likeness (QED) is 0.694. The summed E-state index contributed by atoms with van der Waals surface area (Å²) in [6.07, 6.45) is 0.901. The third kappa shape index (κ3) is 4.16. The molecule has 0 saturated carbocycles. The van der Waals surface area contributed by atoms with Crippen molar-refractivity contribution < 1.29 is 9.53 Å². The summed E-state index contributed by atoms with van der Waals surface area (Å²) in [5.74, 6) is 1.01. The number of carbonyl (C=O) groups excluding carboxylic acids is 1. The van der Waals surface area contributed by atoms with Gasteiger partial charge in [0, 0.05) is 11.1 Å². The Morgan fingerprint density at radius 3 is 2.88 bits per heavy atom. The number of halogens is 1. The Balaban J connectivity index is 1.73. The van der Waals surface area contributed by atoms with Crippen LogP contribution in [-0.4, -0.2) is 27.7 Å². The molecule has 3 aromatic rings. The Kier molecular flexibility index (Phi) is 5.30. The van der Waals surface area contributed by atoms with E-state index in [-0.39, 0.29) is 11.9 Å². The molecule has 0 spiro atoms. The predicted octanol–water partition coefficient (Wildman–Crippen LogP) is 4.17. The van der Waals surface area contributed by atoms with Crippen LogP contribution in [0.1, 0.15) is 23.7 Å². The predicted molar refractivity (Wildman–Crippen MR) is 97.0 cm³/mol. The van der Waals surface area contributed by atoms with Gasteiger partial charge < -0.3 is 4.74 Å². The molecule has 0 radical (unpaired) electrons. The molecule has 0 saturated heterocycles. The first-order chi connectivity index (χ1) is 12.2. The SMILES string of the molecule is CCCOc1cccc(C(=O)Nc2n[nH]c(-c3ccccc3Cl)n2)c1. The van der Waals surface area contributed by atoms with E-state index in [0.29, 0.717) is 34.3 Å². The summed E-state index contributed by atoms with van der Waals surface area (Å²) in [5, 5.41) is 10.0. The number of ether oxygens (including phenoxy) is 1. The van der Waals surface area contributed by atoms with E-state index in [1.807, 2.05) is 31.2 Å². The van der Waals surface area contributed by atoms with Gasteiger partial charge in [-0.2, -0.15) is 4.98 Å². The van der Waals surface area contributed by atoms with Gasteiger partial charge in [-0.05, 0) is 36.8 Å². The standard InChI is InChI=1S/C18H17ClN4O2/c1-2-10-25-13-7-5-6-12(11-13)17(24)21-18-20-16(22-23-18)14-8-3-4-9-15(14)19/h3-9,11H,2,10H2,1H3,(H2,20,21,22,23,24). The minimum atomic E-state index is -0.313. The number of nitrogens with zero attached hydrogens (tertiary/aromatic N) is 2. The van der Waals surface area contributed by atoms with Gasteiger partial charge in [0.25, 0.3) is 5.91 Å². The zero-order chi connectivity index (χ0) is 17.6. The van der Waals surface area contributed by atoms with E-state index < -0.39 is 0 Å². The van der Waals surface area contributed by atoms with Crippen molar-refractivity contribution in [1.82, 2.24) is 15.2 Å². The topological polar surface area (TPSA) is 79.9 Å². The van der Waals surface area contributed by atoms with E-state index in [9.17, 15) is 4.79 Å². The molecular formula is C18H17ClN4O2. The summed E-state index contributed by atoms with van der Waals surface area (Å²) >= 11 is 6.14. The van der Waals surface area contributed by atoms with Gasteiger partial charge in [0.1, 0.15) is 5.75 Å². The summed E-state index contributed by atoms with van der Waals surface area (Å²) in [5.41, 5.74) is 1.19. The molecule has 128 valence electrons. The van der Waals surface area contributed by atoms with Crippen LogP contribution in [0.25, 0.3) is 11.4 Å². The fourth-order valence-electron chi connectivity index (χ4n) is 2.21. The lowest BCUT2D eigenvalue weighted by Gasteiger charge is -2.06. The average molecular weight is 357 g/mol. The fourth-order valence-corrected chi connectivity index (χ4v) is 2.44. The lowest BCUT2D eigenvalue weighted by Crippen LogP contribution is -2.13. The second-order valence-corrected chi connectivity index (χ2v) is 5.73. The molecule has 0 fully saturated rings. The van der Waals surface area contributed by atoms with Crippen LogP contribution in [0.15, 0.2) is 48.5 Å². The molecule has 0 unspecified atom stereocenters. The van der Waals surface area contributed by atoms with E-state index in [0.717, 1.165) is 6.42 Å². The summed E-state index contributed by atoms with van der Waals surface area (Å²) in [6.45, 7) is 2.63. The van der Waals surface area contributed by atoms with Gasteiger partial charge in [0.2, 0.25) is 5.95 Å². The molecule has 0 aliphatic carbocycles. The third-order valence-corrected chi connectivity index (χ3v) is 3.74. The molecule has 0 atom stereocenters. The first-order valence-electron chi connectivity index (χ1n) is 7.89. The number of anilines is 1. The van der Waals surface area contributed by atoms with Crippen LogP contribution in [0.3, 0.4) is 0 Å². The molecule has 3 rings (SSSR count). The van der Waals surface area contributed by atoms with Crippen molar-refractivity contribution in [2.45, 2.75) is 13.3 Å². The van der Waals surface area contributed by atoms with E-state index in [1.165, 1.54) is 0 Å². The van der Waals surface area contributed by atoms with E-state index >= 15 is 0 Å². The zero-order valence-corrected chi connectivity index (χ0v) is 14.4. The van der Waals surface area contributed by atoms with Gasteiger partial charge in [0.05, 0.1) is 11.6 Å². The van der Waals surface area contributed by atoms with Gasteiger partial charge in [-0.25, -0.2) is 0 Å². The molecule has 0 aliphatic rings. The lowest BCUT2D eigenvalue weighted by atomic mass is 10.2. The van der Waals surface area contributed by atoms with Crippen molar-refractivity contribution in [2.75, 3.05) is 11.9 Å². The van der Waals surface area contributed by atoms with Crippen molar-refractivity contribution in [2.24, 2.45) is 0 Å². The maximum Gasteiger partial charge on any atom is 0.258 e. The number of hydrogen-bond donors (Lipinski definition) is 2. The van der Waals surface area contributed by atoms with Crippen LogP contribution in [-0.2, 0) is 0 Å². The van der Waals surface area contributed by atoms with Crippen LogP contribution in [0.2, 0.25) is 5.02 Å². The Morgan fingerprint density at radius 2 is 2.08 bits per heavy atom. The van der Waals surface area contributed by atoms with Gasteiger partial charge in [-0.1, -0.05) is 36.7 Å². The smallest absolute Gasteiger partial charge is 0.258 e. The molecule has 2 aromatic carbocycles. The molecule has 6 nitrogen and oxygen atoms in total. The number of amides is 1. The van der Waals surface area contributed by atoms with Crippen molar-refractivity contribution in [1.29, 1.82) is 0 Å².